The number of hydrogen-bond donors (Lipinski definition) is 1. The lowest BCUT2D eigenvalue weighted by Crippen LogP contribution is -2.08. The molecular formula is C13H21N. The Hall–Kier alpha value is -0.820. The van der Waals surface area contributed by atoms with Gasteiger partial charge in [-0.15, -0.1) is 0 Å². The molecule has 14 heavy (non-hydrogen) atoms. The van der Waals surface area contributed by atoms with Crippen molar-refractivity contribution in [3.05, 3.63) is 34.9 Å². The van der Waals surface area contributed by atoms with E-state index in [0.29, 0.717) is 5.92 Å². The molecule has 1 aromatic rings. The van der Waals surface area contributed by atoms with E-state index < -0.39 is 0 Å². The molecule has 0 aromatic heterocycles. The Morgan fingerprint density at radius 3 is 2.64 bits per heavy atom. The minimum Gasteiger partial charge on any atom is -0.330 e. The maximum absolute atomic E-state index is 5.55. The van der Waals surface area contributed by atoms with Crippen LogP contribution in [0.5, 0.6) is 0 Å². The highest BCUT2D eigenvalue weighted by atomic mass is 14.5. The van der Waals surface area contributed by atoms with Crippen molar-refractivity contribution in [1.82, 2.24) is 0 Å². The maximum Gasteiger partial charge on any atom is -0.00746 e. The zero-order valence-corrected chi connectivity index (χ0v) is 9.51. The van der Waals surface area contributed by atoms with E-state index in [0.717, 1.165) is 19.4 Å². The summed E-state index contributed by atoms with van der Waals surface area (Å²) in [6.07, 6.45) is 2.28. The van der Waals surface area contributed by atoms with Crippen LogP contribution in [0.25, 0.3) is 0 Å². The molecule has 0 saturated carbocycles. The average molecular weight is 191 g/mol. The summed E-state index contributed by atoms with van der Waals surface area (Å²) in [6.45, 7) is 7.40. The number of rotatable bonds is 4. The second kappa shape index (κ2) is 5.16. The second-order valence-electron chi connectivity index (χ2n) is 4.32. The van der Waals surface area contributed by atoms with Gasteiger partial charge in [0.05, 0.1) is 0 Å². The van der Waals surface area contributed by atoms with Crippen molar-refractivity contribution in [2.75, 3.05) is 6.54 Å². The fourth-order valence-corrected chi connectivity index (χ4v) is 1.78. The van der Waals surface area contributed by atoms with Crippen molar-refractivity contribution < 1.29 is 0 Å². The fraction of sp³-hybridized carbons (Fsp3) is 0.538. The number of hydrogen-bond acceptors (Lipinski definition) is 1. The Morgan fingerprint density at radius 2 is 2.00 bits per heavy atom. The van der Waals surface area contributed by atoms with Gasteiger partial charge in [0, 0.05) is 0 Å². The Kier molecular flexibility index (Phi) is 4.15. The van der Waals surface area contributed by atoms with Gasteiger partial charge in [-0.2, -0.15) is 0 Å². The van der Waals surface area contributed by atoms with Crippen LogP contribution in [0.1, 0.15) is 30.0 Å². The first-order valence-electron chi connectivity index (χ1n) is 5.39. The highest BCUT2D eigenvalue weighted by Gasteiger charge is 2.05. The summed E-state index contributed by atoms with van der Waals surface area (Å²) in [7, 11) is 0. The van der Waals surface area contributed by atoms with Gasteiger partial charge in [0.25, 0.3) is 0 Å². The van der Waals surface area contributed by atoms with E-state index in [1.165, 1.54) is 16.7 Å². The van der Waals surface area contributed by atoms with E-state index in [4.69, 9.17) is 5.73 Å². The summed E-state index contributed by atoms with van der Waals surface area (Å²) in [5.41, 5.74) is 9.78. The Bertz CT molecular complexity index is 291. The molecule has 1 heteroatoms. The zero-order valence-electron chi connectivity index (χ0n) is 9.51. The molecule has 0 aliphatic heterocycles. The van der Waals surface area contributed by atoms with Gasteiger partial charge < -0.3 is 5.73 Å². The molecule has 0 bridgehead atoms. The van der Waals surface area contributed by atoms with E-state index in [1.807, 2.05) is 0 Å². The summed E-state index contributed by atoms with van der Waals surface area (Å²) in [4.78, 5) is 0. The minimum absolute atomic E-state index is 0.695. The van der Waals surface area contributed by atoms with Gasteiger partial charge in [0.15, 0.2) is 0 Å². The van der Waals surface area contributed by atoms with Crippen LogP contribution < -0.4 is 5.73 Å². The van der Waals surface area contributed by atoms with Crippen LogP contribution in [0, 0.1) is 19.8 Å². The molecule has 0 aliphatic carbocycles. The lowest BCUT2D eigenvalue weighted by molar-refractivity contribution is 0.537. The Morgan fingerprint density at radius 1 is 1.29 bits per heavy atom. The van der Waals surface area contributed by atoms with Crippen LogP contribution in [-0.4, -0.2) is 6.54 Å². The summed E-state index contributed by atoms with van der Waals surface area (Å²) < 4.78 is 0. The number of benzene rings is 1. The minimum atomic E-state index is 0.695. The topological polar surface area (TPSA) is 26.0 Å². The quantitative estimate of drug-likeness (QED) is 0.778. The first-order valence-corrected chi connectivity index (χ1v) is 5.39. The summed E-state index contributed by atoms with van der Waals surface area (Å²) in [5, 5.41) is 0. The van der Waals surface area contributed by atoms with Crippen molar-refractivity contribution in [1.29, 1.82) is 0 Å². The largest absolute Gasteiger partial charge is 0.330 e. The SMILES string of the molecule is Cc1ccc(C)c(CC(C)CCN)c1. The van der Waals surface area contributed by atoms with Gasteiger partial charge in [0.1, 0.15) is 0 Å². The molecule has 0 amide bonds. The highest BCUT2D eigenvalue weighted by Crippen LogP contribution is 2.16. The molecule has 1 aromatic carbocycles. The lowest BCUT2D eigenvalue weighted by atomic mass is 9.94. The summed E-state index contributed by atoms with van der Waals surface area (Å²) >= 11 is 0. The van der Waals surface area contributed by atoms with Crippen LogP contribution in [0.15, 0.2) is 18.2 Å². The third-order valence-corrected chi connectivity index (χ3v) is 2.73. The van der Waals surface area contributed by atoms with E-state index in [-0.39, 0.29) is 0 Å². The predicted octanol–water partition coefficient (Wildman–Crippen LogP) is 2.83. The van der Waals surface area contributed by atoms with Gasteiger partial charge in [-0.05, 0) is 50.3 Å². The van der Waals surface area contributed by atoms with Crippen molar-refractivity contribution in [3.8, 4) is 0 Å². The van der Waals surface area contributed by atoms with Gasteiger partial charge in [0.2, 0.25) is 0 Å². The molecular weight excluding hydrogens is 170 g/mol. The molecule has 0 spiro atoms. The third kappa shape index (κ3) is 3.15. The predicted molar refractivity (Wildman–Crippen MR) is 62.5 cm³/mol. The monoisotopic (exact) mass is 191 g/mol. The Balaban J connectivity index is 2.70. The third-order valence-electron chi connectivity index (χ3n) is 2.73. The molecule has 0 fully saturated rings. The van der Waals surface area contributed by atoms with Crippen molar-refractivity contribution >= 4 is 0 Å². The molecule has 1 nitrogen and oxygen atoms in total. The van der Waals surface area contributed by atoms with Gasteiger partial charge in [-0.25, -0.2) is 0 Å². The number of nitrogens with two attached hydrogens (primary N) is 1. The van der Waals surface area contributed by atoms with E-state index in [9.17, 15) is 0 Å². The molecule has 0 heterocycles. The maximum atomic E-state index is 5.55. The van der Waals surface area contributed by atoms with Crippen molar-refractivity contribution in [3.63, 3.8) is 0 Å². The Labute approximate surface area is 87.3 Å². The summed E-state index contributed by atoms with van der Waals surface area (Å²) in [5.74, 6) is 0.695. The van der Waals surface area contributed by atoms with E-state index in [1.54, 1.807) is 0 Å². The van der Waals surface area contributed by atoms with E-state index in [2.05, 4.69) is 39.0 Å². The van der Waals surface area contributed by atoms with Crippen LogP contribution in [0.3, 0.4) is 0 Å². The van der Waals surface area contributed by atoms with Crippen molar-refractivity contribution in [2.24, 2.45) is 11.7 Å². The van der Waals surface area contributed by atoms with Gasteiger partial charge in [-0.3, -0.25) is 0 Å². The first kappa shape index (κ1) is 11.3. The smallest absolute Gasteiger partial charge is 0.00746 e. The summed E-state index contributed by atoms with van der Waals surface area (Å²) in [6, 6.07) is 6.68. The molecule has 1 atom stereocenters. The molecule has 0 radical (unpaired) electrons. The number of aryl methyl sites for hydroxylation is 2. The van der Waals surface area contributed by atoms with Gasteiger partial charge >= 0.3 is 0 Å². The van der Waals surface area contributed by atoms with Crippen LogP contribution in [-0.2, 0) is 6.42 Å². The standard InChI is InChI=1S/C13H21N/c1-10-4-5-12(3)13(8-10)9-11(2)6-7-14/h4-5,8,11H,6-7,9,14H2,1-3H3. The van der Waals surface area contributed by atoms with Crippen LogP contribution >= 0.6 is 0 Å². The average Bonchev–Trinajstić information content (AvgIpc) is 2.12. The molecule has 0 aliphatic rings. The first-order chi connectivity index (χ1) is 6.63. The van der Waals surface area contributed by atoms with E-state index >= 15 is 0 Å². The van der Waals surface area contributed by atoms with Gasteiger partial charge in [-0.1, -0.05) is 30.7 Å². The second-order valence-corrected chi connectivity index (χ2v) is 4.32. The normalized spacial score (nSPS) is 12.9. The molecule has 1 rings (SSSR count). The van der Waals surface area contributed by atoms with Crippen LogP contribution in [0.2, 0.25) is 0 Å². The lowest BCUT2D eigenvalue weighted by Gasteiger charge is -2.12. The molecule has 1 unspecified atom stereocenters. The fourth-order valence-electron chi connectivity index (χ4n) is 1.78. The molecule has 78 valence electrons. The zero-order chi connectivity index (χ0) is 10.6. The highest BCUT2D eigenvalue weighted by molar-refractivity contribution is 5.30. The van der Waals surface area contributed by atoms with Crippen LogP contribution in [0.4, 0.5) is 0 Å². The van der Waals surface area contributed by atoms with Crippen molar-refractivity contribution in [2.45, 2.75) is 33.6 Å². The molecule has 2 N–H and O–H groups in total. The molecule has 0 saturated heterocycles.